The number of ether oxygens (including phenoxy) is 2. The normalized spacial score (nSPS) is 17.5. The Morgan fingerprint density at radius 2 is 1.18 bits per heavy atom. The first-order valence-corrected chi connectivity index (χ1v) is 22.2. The Bertz CT molecular complexity index is 2370. The van der Waals surface area contributed by atoms with Gasteiger partial charge in [-0.2, -0.15) is 0 Å². The zero-order chi connectivity index (χ0) is 46.7. The number of aryl methyl sites for hydroxylation is 4. The molecule has 4 aliphatic heterocycles. The molecule has 3 atom stereocenters. The zero-order valence-corrected chi connectivity index (χ0v) is 37.1. The molecule has 1 unspecified atom stereocenters. The van der Waals surface area contributed by atoms with Crippen molar-refractivity contribution in [2.75, 3.05) is 64.1 Å². The van der Waals surface area contributed by atoms with Crippen molar-refractivity contribution < 1.29 is 48.8 Å². The summed E-state index contributed by atoms with van der Waals surface area (Å²) in [4.78, 5) is 84.8. The van der Waals surface area contributed by atoms with Crippen LogP contribution in [0.3, 0.4) is 0 Å². The van der Waals surface area contributed by atoms with Crippen LogP contribution in [0.25, 0.3) is 0 Å². The Kier molecular flexibility index (Phi) is 15.4. The fourth-order valence-corrected chi connectivity index (χ4v) is 8.60. The molecule has 5 N–H and O–H groups in total. The van der Waals surface area contributed by atoms with E-state index in [-0.39, 0.29) is 30.8 Å². The average Bonchev–Trinajstić information content (AvgIpc) is 3.87. The minimum atomic E-state index is -0.979. The quantitative estimate of drug-likeness (QED) is 0.0933. The number of hydrogen-bond donors (Lipinski definition) is 5. The van der Waals surface area contributed by atoms with E-state index in [0.717, 1.165) is 41.2 Å². The van der Waals surface area contributed by atoms with Crippen LogP contribution < -0.4 is 20.1 Å². The van der Waals surface area contributed by atoms with Gasteiger partial charge in [-0.05, 0) is 79.3 Å². The third-order valence-electron chi connectivity index (χ3n) is 12.1. The molecule has 66 heavy (non-hydrogen) atoms. The topological polar surface area (TPSA) is 253 Å². The number of carbonyl (C=O) groups is 5. The van der Waals surface area contributed by atoms with E-state index >= 15 is 0 Å². The van der Waals surface area contributed by atoms with Gasteiger partial charge in [0.2, 0.25) is 17.7 Å². The maximum atomic E-state index is 13.1. The van der Waals surface area contributed by atoms with Crippen LogP contribution in [0.4, 0.5) is 21.2 Å². The summed E-state index contributed by atoms with van der Waals surface area (Å²) >= 11 is 0. The molecule has 0 saturated carbocycles. The molecule has 5 amide bonds. The molecule has 0 radical (unpaired) electrons. The number of methoxy groups -OCH3 is 2. The van der Waals surface area contributed by atoms with E-state index in [1.165, 1.54) is 14.2 Å². The Labute approximate surface area is 382 Å². The predicted molar refractivity (Wildman–Crippen MR) is 239 cm³/mol. The number of carbonyl (C=O) groups excluding carboxylic acids is 3. The third-order valence-corrected chi connectivity index (χ3v) is 12.1. The summed E-state index contributed by atoms with van der Waals surface area (Å²) < 4.78 is 10.1. The number of aliphatic carboxylic acids is 2. The largest absolute Gasteiger partial charge is 0.481 e. The summed E-state index contributed by atoms with van der Waals surface area (Å²) in [5.74, 6) is 0.265. The molecule has 4 aliphatic rings. The van der Waals surface area contributed by atoms with Gasteiger partial charge in [0.15, 0.2) is 0 Å². The van der Waals surface area contributed by atoms with Crippen molar-refractivity contribution in [3.63, 3.8) is 0 Å². The number of nitrogens with zero attached hydrogens (tertiary/aromatic N) is 8. The first-order chi connectivity index (χ1) is 31.9. The number of carboxylic acids is 2. The molecule has 0 spiro atoms. The molecular formula is C46H56N10O10. The molecule has 4 aromatic rings. The fourth-order valence-electron chi connectivity index (χ4n) is 8.60. The van der Waals surface area contributed by atoms with Gasteiger partial charge in [0, 0.05) is 81.6 Å². The summed E-state index contributed by atoms with van der Waals surface area (Å²) in [6.45, 7) is 3.09. The minimum Gasteiger partial charge on any atom is -0.481 e. The van der Waals surface area contributed by atoms with E-state index in [9.17, 15) is 39.3 Å². The standard InChI is InChI=1S/C23H29N5O5.C23H27N5O5/c2*1-33-20-9-6-16(14-24-20)18(13-21(30)31)28-12-11-27(23(28)32)10-2-3-17-7-4-15-5-8-19(29)26-22(15)25-17/h4,6-7,9,14,18-19,29H,2-3,5,8,10-13H2,1H3,(H,25,26)(H,30,31);4,6-7,9,14,18H,2-3,5,8,10-13H2,1H3,(H,30,31)(H,25,26,29)/t18-,19?;18-/m00/s1. The molecule has 20 heteroatoms. The van der Waals surface area contributed by atoms with E-state index in [1.54, 1.807) is 56.3 Å². The van der Waals surface area contributed by atoms with Crippen molar-refractivity contribution in [3.8, 4) is 11.8 Å². The maximum absolute atomic E-state index is 13.1. The van der Waals surface area contributed by atoms with Gasteiger partial charge in [-0.25, -0.2) is 29.5 Å². The van der Waals surface area contributed by atoms with Gasteiger partial charge in [0.25, 0.3) is 0 Å². The van der Waals surface area contributed by atoms with Crippen molar-refractivity contribution in [1.82, 2.24) is 39.5 Å². The van der Waals surface area contributed by atoms with Gasteiger partial charge >= 0.3 is 24.0 Å². The Morgan fingerprint density at radius 1 is 0.682 bits per heavy atom. The van der Waals surface area contributed by atoms with Crippen molar-refractivity contribution in [3.05, 3.63) is 94.6 Å². The average molecular weight is 909 g/mol. The molecule has 20 nitrogen and oxygen atoms in total. The highest BCUT2D eigenvalue weighted by molar-refractivity contribution is 5.92. The van der Waals surface area contributed by atoms with E-state index in [0.29, 0.717) is 106 Å². The number of urea groups is 2. The van der Waals surface area contributed by atoms with E-state index < -0.39 is 30.3 Å². The summed E-state index contributed by atoms with van der Waals surface area (Å²) in [6, 6.07) is 13.3. The highest BCUT2D eigenvalue weighted by Gasteiger charge is 2.37. The third kappa shape index (κ3) is 11.8. The first kappa shape index (κ1) is 46.9. The fraction of sp³-hybridized carbons (Fsp3) is 0.457. The lowest BCUT2D eigenvalue weighted by Crippen LogP contribution is -2.36. The SMILES string of the molecule is COc1ccc([C@H](CC(=O)O)N2CCN(CCCc3ccc4c(n3)NC(=O)CC4)C2=O)cn1.COc1ccc([C@H](CC(=O)O)N2CCN(CCCc3ccc4c(n3)NC(O)CC4)C2=O)cn1. The van der Waals surface area contributed by atoms with Crippen molar-refractivity contribution in [2.24, 2.45) is 0 Å². The second-order valence-corrected chi connectivity index (χ2v) is 16.5. The smallest absolute Gasteiger partial charge is 0.320 e. The number of aromatic nitrogens is 4. The van der Waals surface area contributed by atoms with E-state index in [4.69, 9.17) is 9.47 Å². The number of nitrogens with one attached hydrogen (secondary N) is 2. The molecule has 4 aromatic heterocycles. The Hall–Kier alpha value is -7.09. The lowest BCUT2D eigenvalue weighted by atomic mass is 10.0. The van der Waals surface area contributed by atoms with Gasteiger partial charge in [-0.15, -0.1) is 0 Å². The lowest BCUT2D eigenvalue weighted by molar-refractivity contribution is -0.139. The van der Waals surface area contributed by atoms with Crippen LogP contribution in [-0.4, -0.2) is 144 Å². The lowest BCUT2D eigenvalue weighted by Gasteiger charge is -2.27. The summed E-state index contributed by atoms with van der Waals surface area (Å²) in [5, 5.41) is 34.4. The molecule has 0 bridgehead atoms. The van der Waals surface area contributed by atoms with Crippen molar-refractivity contribution >= 4 is 41.5 Å². The molecule has 8 heterocycles. The highest BCUT2D eigenvalue weighted by atomic mass is 16.5. The number of fused-ring (bicyclic) bond motifs is 2. The second-order valence-electron chi connectivity index (χ2n) is 16.5. The molecule has 0 aromatic carbocycles. The van der Waals surface area contributed by atoms with Gasteiger partial charge in [0.05, 0.1) is 39.1 Å². The summed E-state index contributed by atoms with van der Waals surface area (Å²) in [6.07, 6.45) is 7.67. The number of aliphatic hydroxyl groups excluding tert-OH is 1. The molecule has 0 aliphatic carbocycles. The number of aliphatic hydroxyl groups is 1. The predicted octanol–water partition coefficient (Wildman–Crippen LogP) is 4.30. The number of carboxylic acid groups (broad SMARTS) is 2. The summed E-state index contributed by atoms with van der Waals surface area (Å²) in [7, 11) is 3.02. The Balaban J connectivity index is 0.000000196. The van der Waals surface area contributed by atoms with Crippen LogP contribution >= 0.6 is 0 Å². The molecule has 2 fully saturated rings. The number of rotatable bonds is 18. The van der Waals surface area contributed by atoms with Crippen LogP contribution in [0.2, 0.25) is 0 Å². The van der Waals surface area contributed by atoms with Crippen LogP contribution in [0, 0.1) is 0 Å². The molecule has 8 rings (SSSR count). The number of hydrogen-bond acceptors (Lipinski definition) is 13. The minimum absolute atomic E-state index is 0.0159. The molecule has 350 valence electrons. The zero-order valence-electron chi connectivity index (χ0n) is 37.1. The maximum Gasteiger partial charge on any atom is 0.320 e. The Morgan fingerprint density at radius 3 is 1.65 bits per heavy atom. The van der Waals surface area contributed by atoms with Crippen LogP contribution in [0.1, 0.15) is 84.3 Å². The van der Waals surface area contributed by atoms with Crippen LogP contribution in [0.5, 0.6) is 11.8 Å². The second kappa shape index (κ2) is 21.7. The van der Waals surface area contributed by atoms with Crippen LogP contribution in [0.15, 0.2) is 60.9 Å². The monoisotopic (exact) mass is 908 g/mol. The molecular weight excluding hydrogens is 853 g/mol. The van der Waals surface area contributed by atoms with Crippen molar-refractivity contribution in [2.45, 2.75) is 82.5 Å². The number of anilines is 2. The van der Waals surface area contributed by atoms with E-state index in [2.05, 4.69) is 30.6 Å². The molecule has 2 saturated heterocycles. The number of pyridine rings is 4. The van der Waals surface area contributed by atoms with Gasteiger partial charge in [0.1, 0.15) is 17.9 Å². The van der Waals surface area contributed by atoms with Gasteiger partial charge in [-0.1, -0.05) is 24.3 Å². The summed E-state index contributed by atoms with van der Waals surface area (Å²) in [5.41, 5.74) is 5.25. The van der Waals surface area contributed by atoms with E-state index in [1.807, 2.05) is 24.3 Å². The number of amides is 5. The van der Waals surface area contributed by atoms with Crippen LogP contribution in [-0.2, 0) is 40.1 Å². The highest BCUT2D eigenvalue weighted by Crippen LogP contribution is 2.31. The first-order valence-electron chi connectivity index (χ1n) is 22.2. The van der Waals surface area contributed by atoms with Crippen molar-refractivity contribution in [1.29, 1.82) is 0 Å². The van der Waals surface area contributed by atoms with Gasteiger partial charge in [-0.3, -0.25) is 14.4 Å². The van der Waals surface area contributed by atoms with Gasteiger partial charge < -0.3 is 55.0 Å².